The van der Waals surface area contributed by atoms with Crippen LogP contribution in [0.1, 0.15) is 37.0 Å². The van der Waals surface area contributed by atoms with Crippen LogP contribution in [0.3, 0.4) is 0 Å². The van der Waals surface area contributed by atoms with Crippen molar-refractivity contribution in [1.29, 1.82) is 0 Å². The lowest BCUT2D eigenvalue weighted by atomic mass is 10.0. The van der Waals surface area contributed by atoms with Crippen LogP contribution < -0.4 is 9.62 Å². The zero-order valence-corrected chi connectivity index (χ0v) is 24.4. The smallest absolute Gasteiger partial charge is 0.244 e. The van der Waals surface area contributed by atoms with Crippen molar-refractivity contribution in [1.82, 2.24) is 10.2 Å². The maximum atomic E-state index is 14.0. The highest BCUT2D eigenvalue weighted by molar-refractivity contribution is 7.92. The van der Waals surface area contributed by atoms with E-state index in [9.17, 15) is 18.0 Å². The summed E-state index contributed by atoms with van der Waals surface area (Å²) in [6.07, 6.45) is 2.05. The second-order valence-corrected chi connectivity index (χ2v) is 12.1. The maximum absolute atomic E-state index is 14.0. The van der Waals surface area contributed by atoms with Crippen molar-refractivity contribution >= 4 is 39.1 Å². The largest absolute Gasteiger partial charge is 0.352 e. The molecule has 2 atom stereocenters. The minimum Gasteiger partial charge on any atom is -0.352 e. The van der Waals surface area contributed by atoms with Crippen LogP contribution in [0.4, 0.5) is 5.69 Å². The Bertz CT molecular complexity index is 1360. The Kier molecular flexibility index (Phi) is 10.5. The lowest BCUT2D eigenvalue weighted by molar-refractivity contribution is -0.140. The SMILES string of the molecule is CCC(C)NC(=O)C(Cc1ccccc1)N(Cc1cccc(Cl)c1)C(=O)CN(c1ccc(C)cc1)S(C)(=O)=O. The molecule has 2 amide bonds. The van der Waals surface area contributed by atoms with Crippen LogP contribution in [-0.4, -0.2) is 50.0 Å². The van der Waals surface area contributed by atoms with Crippen molar-refractivity contribution in [2.24, 2.45) is 0 Å². The number of hydrogen-bond acceptors (Lipinski definition) is 4. The van der Waals surface area contributed by atoms with E-state index < -0.39 is 28.5 Å². The molecule has 0 fully saturated rings. The molecule has 0 aliphatic heterocycles. The van der Waals surface area contributed by atoms with Gasteiger partial charge in [0.05, 0.1) is 11.9 Å². The average molecular weight is 570 g/mol. The van der Waals surface area contributed by atoms with Gasteiger partial charge < -0.3 is 10.2 Å². The van der Waals surface area contributed by atoms with E-state index in [1.807, 2.05) is 57.2 Å². The van der Waals surface area contributed by atoms with Gasteiger partial charge >= 0.3 is 0 Å². The molecule has 3 aromatic carbocycles. The van der Waals surface area contributed by atoms with E-state index in [0.29, 0.717) is 10.7 Å². The molecule has 0 bridgehead atoms. The van der Waals surface area contributed by atoms with Gasteiger partial charge in [-0.15, -0.1) is 0 Å². The second-order valence-electron chi connectivity index (χ2n) is 9.78. The number of hydrogen-bond donors (Lipinski definition) is 1. The molecule has 0 spiro atoms. The number of nitrogens with one attached hydrogen (secondary N) is 1. The summed E-state index contributed by atoms with van der Waals surface area (Å²) in [5, 5.41) is 3.51. The first kappa shape index (κ1) is 30.2. The van der Waals surface area contributed by atoms with Crippen molar-refractivity contribution in [3.8, 4) is 0 Å². The Morgan fingerprint density at radius 3 is 2.18 bits per heavy atom. The van der Waals surface area contributed by atoms with Gasteiger partial charge in [-0.1, -0.05) is 78.7 Å². The van der Waals surface area contributed by atoms with Crippen LogP contribution in [0.15, 0.2) is 78.9 Å². The minimum absolute atomic E-state index is 0.0797. The number of carbonyl (C=O) groups is 2. The highest BCUT2D eigenvalue weighted by Gasteiger charge is 2.33. The first-order valence-corrected chi connectivity index (χ1v) is 15.1. The molecule has 0 aromatic heterocycles. The number of aryl methyl sites for hydroxylation is 1. The van der Waals surface area contributed by atoms with Gasteiger partial charge in [0, 0.05) is 24.0 Å². The fourth-order valence-corrected chi connectivity index (χ4v) is 5.21. The summed E-state index contributed by atoms with van der Waals surface area (Å²) in [7, 11) is -3.80. The van der Waals surface area contributed by atoms with E-state index >= 15 is 0 Å². The Morgan fingerprint density at radius 1 is 0.949 bits per heavy atom. The van der Waals surface area contributed by atoms with Crippen LogP contribution in [-0.2, 0) is 32.6 Å². The summed E-state index contributed by atoms with van der Waals surface area (Å²) < 4.78 is 26.7. The molecule has 7 nitrogen and oxygen atoms in total. The van der Waals surface area contributed by atoms with E-state index in [2.05, 4.69) is 5.32 Å². The normalized spacial score (nSPS) is 12.8. The van der Waals surface area contributed by atoms with E-state index in [1.54, 1.807) is 42.5 Å². The molecule has 2 unspecified atom stereocenters. The fraction of sp³-hybridized carbons (Fsp3) is 0.333. The quantitative estimate of drug-likeness (QED) is 0.334. The van der Waals surface area contributed by atoms with Crippen LogP contribution in [0.5, 0.6) is 0 Å². The Labute approximate surface area is 236 Å². The highest BCUT2D eigenvalue weighted by atomic mass is 35.5. The molecular formula is C30H36ClN3O4S. The first-order valence-electron chi connectivity index (χ1n) is 12.9. The second kappa shape index (κ2) is 13.6. The summed E-state index contributed by atoms with van der Waals surface area (Å²) in [6, 6.07) is 22.5. The predicted octanol–water partition coefficient (Wildman–Crippen LogP) is 4.97. The standard InChI is InChI=1S/C30H36ClN3O4S/c1-5-23(3)32-30(36)28(19-24-10-7-6-8-11-24)33(20-25-12-9-13-26(31)18-25)29(35)21-34(39(4,37)38)27-16-14-22(2)15-17-27/h6-18,23,28H,5,19-21H2,1-4H3,(H,32,36). The molecule has 9 heteroatoms. The molecule has 0 saturated carbocycles. The molecule has 3 aromatic rings. The van der Waals surface area contributed by atoms with E-state index in [0.717, 1.165) is 33.7 Å². The first-order chi connectivity index (χ1) is 18.5. The molecule has 39 heavy (non-hydrogen) atoms. The van der Waals surface area contributed by atoms with Gasteiger partial charge in [-0.25, -0.2) is 8.42 Å². The van der Waals surface area contributed by atoms with E-state index in [1.165, 1.54) is 4.90 Å². The molecule has 1 N–H and O–H groups in total. The summed E-state index contributed by atoms with van der Waals surface area (Å²) in [5.74, 6) is -0.800. The maximum Gasteiger partial charge on any atom is 0.244 e. The number of nitrogens with zero attached hydrogens (tertiary/aromatic N) is 2. The van der Waals surface area contributed by atoms with Crippen molar-refractivity contribution < 1.29 is 18.0 Å². The Morgan fingerprint density at radius 2 is 1.59 bits per heavy atom. The van der Waals surface area contributed by atoms with Crippen molar-refractivity contribution in [2.45, 2.75) is 52.2 Å². The third kappa shape index (κ3) is 8.83. The number of rotatable bonds is 12. The number of amides is 2. The summed E-state index contributed by atoms with van der Waals surface area (Å²) in [6.45, 7) is 5.40. The number of anilines is 1. The molecule has 0 aliphatic carbocycles. The molecule has 208 valence electrons. The monoisotopic (exact) mass is 569 g/mol. The number of benzene rings is 3. The van der Waals surface area contributed by atoms with E-state index in [4.69, 9.17) is 11.6 Å². The molecule has 0 aliphatic rings. The summed E-state index contributed by atoms with van der Waals surface area (Å²) in [5.41, 5.74) is 2.95. The zero-order chi connectivity index (χ0) is 28.6. The highest BCUT2D eigenvalue weighted by Crippen LogP contribution is 2.22. The van der Waals surface area contributed by atoms with Crippen LogP contribution in [0.2, 0.25) is 5.02 Å². The van der Waals surface area contributed by atoms with Gasteiger partial charge in [0.2, 0.25) is 21.8 Å². The molecule has 0 heterocycles. The van der Waals surface area contributed by atoms with Gasteiger partial charge in [0.25, 0.3) is 0 Å². The minimum atomic E-state index is -3.80. The zero-order valence-electron chi connectivity index (χ0n) is 22.8. The van der Waals surface area contributed by atoms with Gasteiger partial charge in [-0.05, 0) is 55.7 Å². The Hall–Kier alpha value is -3.36. The lowest BCUT2D eigenvalue weighted by Gasteiger charge is -2.34. The van der Waals surface area contributed by atoms with Gasteiger partial charge in [-0.2, -0.15) is 0 Å². The molecule has 0 radical (unpaired) electrons. The van der Waals surface area contributed by atoms with Crippen molar-refractivity contribution in [3.63, 3.8) is 0 Å². The van der Waals surface area contributed by atoms with Gasteiger partial charge in [-0.3, -0.25) is 13.9 Å². The summed E-state index contributed by atoms with van der Waals surface area (Å²) in [4.78, 5) is 29.1. The van der Waals surface area contributed by atoms with Gasteiger partial charge in [0.15, 0.2) is 0 Å². The number of sulfonamides is 1. The Balaban J connectivity index is 2.05. The average Bonchev–Trinajstić information content (AvgIpc) is 2.89. The number of halogens is 1. The van der Waals surface area contributed by atoms with Gasteiger partial charge in [0.1, 0.15) is 12.6 Å². The van der Waals surface area contributed by atoms with Crippen LogP contribution in [0, 0.1) is 6.92 Å². The fourth-order valence-electron chi connectivity index (χ4n) is 4.15. The third-order valence-electron chi connectivity index (χ3n) is 6.52. The van der Waals surface area contributed by atoms with Crippen molar-refractivity contribution in [3.05, 3.63) is 101 Å². The molecular weight excluding hydrogens is 534 g/mol. The predicted molar refractivity (Wildman–Crippen MR) is 157 cm³/mol. The van der Waals surface area contributed by atoms with Crippen molar-refractivity contribution in [2.75, 3.05) is 17.1 Å². The topological polar surface area (TPSA) is 86.8 Å². The molecule has 3 rings (SSSR count). The molecule has 0 saturated heterocycles. The number of carbonyl (C=O) groups excluding carboxylic acids is 2. The third-order valence-corrected chi connectivity index (χ3v) is 7.89. The van der Waals surface area contributed by atoms with Crippen LogP contribution in [0.25, 0.3) is 0 Å². The summed E-state index contributed by atoms with van der Waals surface area (Å²) >= 11 is 6.23. The van der Waals surface area contributed by atoms with Crippen LogP contribution >= 0.6 is 11.6 Å². The lowest BCUT2D eigenvalue weighted by Crippen LogP contribution is -2.54. The van der Waals surface area contributed by atoms with E-state index in [-0.39, 0.29) is 24.9 Å².